The number of nitrogens with zero attached hydrogens (tertiary/aromatic N) is 4. The van der Waals surface area contributed by atoms with Gasteiger partial charge >= 0.3 is 0 Å². The first kappa shape index (κ1) is 21.8. The second kappa shape index (κ2) is 10.3. The maximum absolute atomic E-state index is 9.83. The van der Waals surface area contributed by atoms with Gasteiger partial charge in [-0.1, -0.05) is 30.3 Å². The lowest BCUT2D eigenvalue weighted by Gasteiger charge is -2.34. The molecule has 2 aromatic carbocycles. The van der Waals surface area contributed by atoms with Crippen molar-refractivity contribution < 1.29 is 5.11 Å². The van der Waals surface area contributed by atoms with E-state index in [1.54, 1.807) is 12.7 Å². The first-order valence-corrected chi connectivity index (χ1v) is 11.9. The zero-order valence-corrected chi connectivity index (χ0v) is 18.9. The number of aromatic amines is 1. The second-order valence-corrected chi connectivity index (χ2v) is 8.94. The van der Waals surface area contributed by atoms with Crippen molar-refractivity contribution in [2.75, 3.05) is 26.2 Å². The average Bonchev–Trinajstić information content (AvgIpc) is 3.54. The third-order valence-corrected chi connectivity index (χ3v) is 6.80. The summed E-state index contributed by atoms with van der Waals surface area (Å²) < 4.78 is 1.94. The minimum atomic E-state index is 0.0209. The van der Waals surface area contributed by atoms with Crippen molar-refractivity contribution in [2.45, 2.75) is 37.8 Å². The second-order valence-electron chi connectivity index (χ2n) is 8.94. The topological polar surface area (TPSA) is 82.0 Å². The Morgan fingerprint density at radius 3 is 2.61 bits per heavy atom. The number of benzene rings is 2. The SMILES string of the molecule is OC[C@H](NC1CCN(CCCc2c[nH]c3ccc(-n4cnnc4)cc23)CC1)c1ccccc1. The fourth-order valence-electron chi connectivity index (χ4n) is 4.91. The monoisotopic (exact) mass is 444 g/mol. The molecule has 0 unspecified atom stereocenters. The molecule has 0 spiro atoms. The van der Waals surface area contributed by atoms with Crippen LogP contribution in [-0.4, -0.2) is 62.0 Å². The summed E-state index contributed by atoms with van der Waals surface area (Å²) in [7, 11) is 0. The van der Waals surface area contributed by atoms with Crippen molar-refractivity contribution in [3.05, 3.63) is 78.5 Å². The van der Waals surface area contributed by atoms with Crippen LogP contribution >= 0.6 is 0 Å². The lowest BCUT2D eigenvalue weighted by molar-refractivity contribution is 0.171. The predicted molar refractivity (Wildman–Crippen MR) is 130 cm³/mol. The Kier molecular flexibility index (Phi) is 6.81. The van der Waals surface area contributed by atoms with Crippen LogP contribution in [0.25, 0.3) is 16.6 Å². The number of fused-ring (bicyclic) bond motifs is 1. The van der Waals surface area contributed by atoms with E-state index in [1.807, 2.05) is 22.8 Å². The molecule has 0 radical (unpaired) electrons. The third kappa shape index (κ3) is 5.16. The van der Waals surface area contributed by atoms with Crippen molar-refractivity contribution in [1.82, 2.24) is 30.0 Å². The summed E-state index contributed by atoms with van der Waals surface area (Å²) in [5.74, 6) is 0. The van der Waals surface area contributed by atoms with Crippen LogP contribution in [0.15, 0.2) is 67.4 Å². The fraction of sp³-hybridized carbons (Fsp3) is 0.385. The van der Waals surface area contributed by atoms with Gasteiger partial charge in [0.15, 0.2) is 0 Å². The predicted octanol–water partition coefficient (Wildman–Crippen LogP) is 3.47. The van der Waals surface area contributed by atoms with Crippen LogP contribution in [-0.2, 0) is 6.42 Å². The molecule has 172 valence electrons. The van der Waals surface area contributed by atoms with Crippen molar-refractivity contribution in [3.8, 4) is 5.69 Å². The highest BCUT2D eigenvalue weighted by Crippen LogP contribution is 2.23. The number of piperidine rings is 1. The van der Waals surface area contributed by atoms with Crippen LogP contribution in [0.2, 0.25) is 0 Å². The lowest BCUT2D eigenvalue weighted by atomic mass is 10.0. The summed E-state index contributed by atoms with van der Waals surface area (Å²) in [6.45, 7) is 3.47. The van der Waals surface area contributed by atoms with Crippen molar-refractivity contribution >= 4 is 10.9 Å². The van der Waals surface area contributed by atoms with E-state index in [0.29, 0.717) is 6.04 Å². The molecular weight excluding hydrogens is 412 g/mol. The van der Waals surface area contributed by atoms with Gasteiger partial charge in [0, 0.05) is 28.8 Å². The van der Waals surface area contributed by atoms with E-state index >= 15 is 0 Å². The van der Waals surface area contributed by atoms with E-state index in [1.165, 1.54) is 16.5 Å². The Bertz CT molecular complexity index is 1130. The molecule has 1 aliphatic heterocycles. The Morgan fingerprint density at radius 1 is 1.06 bits per heavy atom. The molecule has 5 rings (SSSR count). The van der Waals surface area contributed by atoms with E-state index in [0.717, 1.165) is 56.6 Å². The Morgan fingerprint density at radius 2 is 1.85 bits per heavy atom. The maximum Gasteiger partial charge on any atom is 0.123 e. The molecule has 4 aromatic rings. The normalized spacial score (nSPS) is 16.4. The molecule has 33 heavy (non-hydrogen) atoms. The zero-order valence-electron chi connectivity index (χ0n) is 18.9. The Hall–Kier alpha value is -3.00. The molecule has 7 nitrogen and oxygen atoms in total. The van der Waals surface area contributed by atoms with Gasteiger partial charge in [0.05, 0.1) is 12.6 Å². The van der Waals surface area contributed by atoms with Gasteiger partial charge in [0.25, 0.3) is 0 Å². The van der Waals surface area contributed by atoms with Crippen molar-refractivity contribution in [2.24, 2.45) is 0 Å². The molecule has 0 bridgehead atoms. The zero-order chi connectivity index (χ0) is 22.5. The van der Waals surface area contributed by atoms with Gasteiger partial charge in [-0.2, -0.15) is 0 Å². The number of aromatic nitrogens is 4. The number of hydrogen-bond acceptors (Lipinski definition) is 5. The smallest absolute Gasteiger partial charge is 0.123 e. The fourth-order valence-corrected chi connectivity index (χ4v) is 4.91. The summed E-state index contributed by atoms with van der Waals surface area (Å²) in [6.07, 6.45) is 10.1. The van der Waals surface area contributed by atoms with Crippen LogP contribution in [0.5, 0.6) is 0 Å². The molecular formula is C26H32N6O. The summed E-state index contributed by atoms with van der Waals surface area (Å²) >= 11 is 0. The highest BCUT2D eigenvalue weighted by atomic mass is 16.3. The molecule has 2 aromatic heterocycles. The van der Waals surface area contributed by atoms with Crippen LogP contribution in [0, 0.1) is 0 Å². The Labute approximate surface area is 194 Å². The van der Waals surface area contributed by atoms with Crippen LogP contribution in [0.4, 0.5) is 0 Å². The molecule has 1 fully saturated rings. The van der Waals surface area contributed by atoms with Gasteiger partial charge in [0.1, 0.15) is 12.7 Å². The summed E-state index contributed by atoms with van der Waals surface area (Å²) in [4.78, 5) is 5.98. The minimum Gasteiger partial charge on any atom is -0.394 e. The molecule has 7 heteroatoms. The molecule has 3 heterocycles. The van der Waals surface area contributed by atoms with Crippen LogP contribution in [0.1, 0.15) is 36.4 Å². The number of aliphatic hydroxyl groups is 1. The van der Waals surface area contributed by atoms with E-state index in [-0.39, 0.29) is 12.6 Å². The number of nitrogens with one attached hydrogen (secondary N) is 2. The van der Waals surface area contributed by atoms with Gasteiger partial charge in [-0.3, -0.25) is 4.57 Å². The van der Waals surface area contributed by atoms with Crippen LogP contribution < -0.4 is 5.32 Å². The summed E-state index contributed by atoms with van der Waals surface area (Å²) in [5.41, 5.74) is 4.78. The van der Waals surface area contributed by atoms with E-state index in [9.17, 15) is 5.11 Å². The number of H-pyrrole nitrogens is 1. The minimum absolute atomic E-state index is 0.0209. The molecule has 0 saturated carbocycles. The van der Waals surface area contributed by atoms with Crippen molar-refractivity contribution in [3.63, 3.8) is 0 Å². The third-order valence-electron chi connectivity index (χ3n) is 6.80. The number of rotatable bonds is 9. The molecule has 3 N–H and O–H groups in total. The average molecular weight is 445 g/mol. The van der Waals surface area contributed by atoms with Gasteiger partial charge in [-0.15, -0.1) is 10.2 Å². The van der Waals surface area contributed by atoms with Crippen LogP contribution in [0.3, 0.4) is 0 Å². The Balaban J connectivity index is 1.11. The number of hydrogen-bond donors (Lipinski definition) is 3. The summed E-state index contributed by atoms with van der Waals surface area (Å²) in [6, 6.07) is 17.2. The van der Waals surface area contributed by atoms with E-state index < -0.39 is 0 Å². The highest BCUT2D eigenvalue weighted by molar-refractivity contribution is 5.85. The number of aryl methyl sites for hydroxylation is 1. The molecule has 0 amide bonds. The highest BCUT2D eigenvalue weighted by Gasteiger charge is 2.22. The summed E-state index contributed by atoms with van der Waals surface area (Å²) in [5, 5.41) is 22.6. The molecule has 0 aliphatic carbocycles. The maximum atomic E-state index is 9.83. The molecule has 1 saturated heterocycles. The number of likely N-dealkylation sites (tertiary alicyclic amines) is 1. The van der Waals surface area contributed by atoms with Gasteiger partial charge in [-0.05, 0) is 74.6 Å². The van der Waals surface area contributed by atoms with E-state index in [4.69, 9.17) is 0 Å². The molecule has 1 atom stereocenters. The van der Waals surface area contributed by atoms with Gasteiger partial charge in [0.2, 0.25) is 0 Å². The lowest BCUT2D eigenvalue weighted by Crippen LogP contribution is -2.44. The first-order chi connectivity index (χ1) is 16.3. The standard InChI is InChI=1S/C26H32N6O/c33-17-26(20-5-2-1-3-6-20)30-22-10-13-31(14-11-22)12-4-7-21-16-27-25-9-8-23(15-24(21)25)32-18-28-29-19-32/h1-3,5-6,8-9,15-16,18-19,22,26-27,30,33H,4,7,10-14,17H2/t26-/m0/s1. The molecule has 1 aliphatic rings. The first-order valence-electron chi connectivity index (χ1n) is 11.9. The van der Waals surface area contributed by atoms with E-state index in [2.05, 4.69) is 61.9 Å². The quantitative estimate of drug-likeness (QED) is 0.368. The largest absolute Gasteiger partial charge is 0.394 e. The van der Waals surface area contributed by atoms with Gasteiger partial charge < -0.3 is 20.3 Å². The number of aliphatic hydroxyl groups excluding tert-OH is 1. The van der Waals surface area contributed by atoms with Gasteiger partial charge in [-0.25, -0.2) is 0 Å². The van der Waals surface area contributed by atoms with Crippen molar-refractivity contribution in [1.29, 1.82) is 0 Å².